The number of ketones is 1. The molecule has 4 rings (SSSR count). The van der Waals surface area contributed by atoms with Crippen molar-refractivity contribution < 1.29 is 18.4 Å². The first-order chi connectivity index (χ1) is 24.0. The van der Waals surface area contributed by atoms with E-state index in [-0.39, 0.29) is 17.3 Å². The molecule has 2 aromatic heterocycles. The van der Waals surface area contributed by atoms with E-state index in [0.717, 1.165) is 98.4 Å². The third-order valence-electron chi connectivity index (χ3n) is 11.9. The number of carbonyl (C=O) groups is 1. The van der Waals surface area contributed by atoms with Crippen molar-refractivity contribution in [2.75, 3.05) is 0 Å². The number of aryl methyl sites for hydroxylation is 4. The van der Waals surface area contributed by atoms with Crippen LogP contribution in [-0.4, -0.2) is 11.4 Å². The second-order valence-corrected chi connectivity index (χ2v) is 17.0. The van der Waals surface area contributed by atoms with Gasteiger partial charge >= 0.3 is 0 Å². The van der Waals surface area contributed by atoms with Crippen LogP contribution in [0.4, 0.5) is 0 Å². The second kappa shape index (κ2) is 19.4. The molecule has 1 unspecified atom stereocenters. The van der Waals surface area contributed by atoms with Crippen molar-refractivity contribution in [3.63, 3.8) is 0 Å². The Hall–Kier alpha value is -2.49. The molecule has 0 saturated heterocycles. The third-order valence-corrected chi connectivity index (χ3v) is 11.9. The van der Waals surface area contributed by atoms with E-state index in [1.165, 1.54) is 79.0 Å². The van der Waals surface area contributed by atoms with Gasteiger partial charge in [0.1, 0.15) is 34.2 Å². The molecular weight excluding hydrogens is 617 g/mol. The van der Waals surface area contributed by atoms with Crippen molar-refractivity contribution in [1.29, 1.82) is 0 Å². The molecular formula is C46H72O4. The van der Waals surface area contributed by atoms with Gasteiger partial charge in [-0.3, -0.25) is 4.79 Å². The molecule has 1 aliphatic rings. The largest absolute Gasteiger partial charge is 0.487 e. The molecule has 280 valence electrons. The number of Topliss-reactive ketones (excluding diaryl/α,β-unsaturated/α-hetero) is 1. The van der Waals surface area contributed by atoms with Gasteiger partial charge in [-0.2, -0.15) is 0 Å². The zero-order chi connectivity index (χ0) is 36.3. The first kappa shape index (κ1) is 40.3. The first-order valence-corrected chi connectivity index (χ1v) is 20.8. The molecule has 0 saturated carbocycles. The van der Waals surface area contributed by atoms with Crippen molar-refractivity contribution in [2.24, 2.45) is 17.8 Å². The predicted octanol–water partition coefficient (Wildman–Crippen LogP) is 14.0. The average Bonchev–Trinajstić information content (AvgIpc) is 3.74. The van der Waals surface area contributed by atoms with Crippen molar-refractivity contribution in [1.82, 2.24) is 0 Å². The van der Waals surface area contributed by atoms with Crippen LogP contribution in [-0.2, 0) is 24.1 Å². The van der Waals surface area contributed by atoms with Crippen LogP contribution in [0.5, 0.6) is 5.75 Å². The van der Waals surface area contributed by atoms with Gasteiger partial charge in [-0.15, -0.1) is 0 Å². The molecule has 4 atom stereocenters. The van der Waals surface area contributed by atoms with E-state index in [9.17, 15) is 4.79 Å². The van der Waals surface area contributed by atoms with Gasteiger partial charge < -0.3 is 13.6 Å². The van der Waals surface area contributed by atoms with Crippen LogP contribution in [0.1, 0.15) is 191 Å². The van der Waals surface area contributed by atoms with E-state index in [4.69, 9.17) is 13.6 Å². The Bertz CT molecular complexity index is 1460. The van der Waals surface area contributed by atoms with Crippen molar-refractivity contribution in [3.8, 4) is 5.75 Å². The summed E-state index contributed by atoms with van der Waals surface area (Å²) in [5, 5.41) is 1.28. The lowest BCUT2D eigenvalue weighted by Gasteiger charge is -2.38. The summed E-state index contributed by atoms with van der Waals surface area (Å²) in [6.07, 6.45) is 22.8. The zero-order valence-corrected chi connectivity index (χ0v) is 33.6. The number of benzene rings is 1. The standard InChI is InChI=1S/C46H72O4/c1-10-12-23-37(41-25-17-31-48-41)40(47)26-27-42-38(24-13-11-2)43-39-28-30-46(9,50-44(39)35(7)36(8)45(43)49-42)29-16-22-34(6)21-15-20-33(5)19-14-18-32(3)4/h17,25,31-34,37H,10-16,18-24,26-30H2,1-9H3/t33-,34-,37?,46-/m1/s1. The third kappa shape index (κ3) is 10.8. The lowest BCUT2D eigenvalue weighted by Crippen LogP contribution is -2.37. The Morgan fingerprint density at radius 2 is 1.52 bits per heavy atom. The van der Waals surface area contributed by atoms with Crippen molar-refractivity contribution in [2.45, 2.75) is 196 Å². The van der Waals surface area contributed by atoms with Gasteiger partial charge in [-0.05, 0) is 107 Å². The maximum atomic E-state index is 13.6. The minimum Gasteiger partial charge on any atom is -0.487 e. The number of hydrogen-bond acceptors (Lipinski definition) is 4. The number of ether oxygens (including phenoxy) is 1. The lowest BCUT2D eigenvalue weighted by molar-refractivity contribution is -0.121. The first-order valence-electron chi connectivity index (χ1n) is 20.8. The highest BCUT2D eigenvalue weighted by atomic mass is 16.5. The normalized spacial score (nSPS) is 18.0. The number of unbranched alkanes of at least 4 members (excludes halogenated alkanes) is 2. The number of hydrogen-bond donors (Lipinski definition) is 0. The van der Waals surface area contributed by atoms with Gasteiger partial charge in [0.15, 0.2) is 0 Å². The fourth-order valence-corrected chi connectivity index (χ4v) is 8.41. The summed E-state index contributed by atoms with van der Waals surface area (Å²) in [5.41, 5.74) is 5.92. The number of furan rings is 2. The fraction of sp³-hybridized carbons (Fsp3) is 0.717. The highest BCUT2D eigenvalue weighted by Gasteiger charge is 2.36. The van der Waals surface area contributed by atoms with E-state index in [2.05, 4.69) is 62.3 Å². The monoisotopic (exact) mass is 689 g/mol. The summed E-state index contributed by atoms with van der Waals surface area (Å²) < 4.78 is 19.5. The molecule has 4 heteroatoms. The zero-order valence-electron chi connectivity index (χ0n) is 33.6. The van der Waals surface area contributed by atoms with Crippen LogP contribution in [0.15, 0.2) is 27.2 Å². The molecule has 1 aliphatic heterocycles. The smallest absolute Gasteiger partial charge is 0.143 e. The van der Waals surface area contributed by atoms with E-state index in [1.54, 1.807) is 6.26 Å². The Kier molecular flexibility index (Phi) is 15.6. The SMILES string of the molecule is CCCCc1c(CCC(=O)C(CCCC)c2ccco2)oc2c(C)c(C)c3c(c12)CC[C@@](C)(CCC[C@H](C)CCC[C@H](C)CCCC(C)C)O3. The van der Waals surface area contributed by atoms with Gasteiger partial charge in [0.25, 0.3) is 0 Å². The second-order valence-electron chi connectivity index (χ2n) is 17.0. The maximum absolute atomic E-state index is 13.6. The summed E-state index contributed by atoms with van der Waals surface area (Å²) in [6.45, 7) is 20.8. The topological polar surface area (TPSA) is 52.6 Å². The summed E-state index contributed by atoms with van der Waals surface area (Å²) in [5.74, 6) is 5.45. The average molecular weight is 689 g/mol. The molecule has 3 heterocycles. The summed E-state index contributed by atoms with van der Waals surface area (Å²) >= 11 is 0. The van der Waals surface area contributed by atoms with Crippen LogP contribution in [0, 0.1) is 31.6 Å². The highest BCUT2D eigenvalue weighted by molar-refractivity contribution is 5.92. The maximum Gasteiger partial charge on any atom is 0.143 e. The quantitative estimate of drug-likeness (QED) is 0.0995. The molecule has 0 N–H and O–H groups in total. The molecule has 3 aromatic rings. The van der Waals surface area contributed by atoms with Crippen LogP contribution in [0.3, 0.4) is 0 Å². The minimum atomic E-state index is -0.174. The Morgan fingerprint density at radius 1 is 0.840 bits per heavy atom. The van der Waals surface area contributed by atoms with E-state index in [0.29, 0.717) is 12.8 Å². The summed E-state index contributed by atoms with van der Waals surface area (Å²) in [4.78, 5) is 13.6. The van der Waals surface area contributed by atoms with Gasteiger partial charge in [0.2, 0.25) is 0 Å². The van der Waals surface area contributed by atoms with Gasteiger partial charge in [0, 0.05) is 29.4 Å². The van der Waals surface area contributed by atoms with Crippen molar-refractivity contribution in [3.05, 3.63) is 52.2 Å². The number of carbonyl (C=O) groups excluding carboxylic acids is 1. The molecule has 0 radical (unpaired) electrons. The van der Waals surface area contributed by atoms with Crippen LogP contribution in [0.2, 0.25) is 0 Å². The molecule has 50 heavy (non-hydrogen) atoms. The molecule has 0 amide bonds. The predicted molar refractivity (Wildman–Crippen MR) is 211 cm³/mol. The number of rotatable bonds is 23. The van der Waals surface area contributed by atoms with Crippen molar-refractivity contribution >= 4 is 16.8 Å². The molecule has 1 aromatic carbocycles. The Labute approximate surface area is 305 Å². The van der Waals surface area contributed by atoms with Crippen LogP contribution >= 0.6 is 0 Å². The van der Waals surface area contributed by atoms with Gasteiger partial charge in [0.05, 0.1) is 12.2 Å². The van der Waals surface area contributed by atoms with E-state index < -0.39 is 0 Å². The van der Waals surface area contributed by atoms with Crippen LogP contribution < -0.4 is 4.74 Å². The minimum absolute atomic E-state index is 0.134. The van der Waals surface area contributed by atoms with E-state index in [1.807, 2.05) is 12.1 Å². The fourth-order valence-electron chi connectivity index (χ4n) is 8.41. The highest BCUT2D eigenvalue weighted by Crippen LogP contribution is 2.47. The number of fused-ring (bicyclic) bond motifs is 3. The van der Waals surface area contributed by atoms with Gasteiger partial charge in [-0.1, -0.05) is 106 Å². The summed E-state index contributed by atoms with van der Waals surface area (Å²) in [6, 6.07) is 3.85. The van der Waals surface area contributed by atoms with Crippen LogP contribution in [0.25, 0.3) is 11.0 Å². The lowest BCUT2D eigenvalue weighted by atomic mass is 9.83. The molecule has 0 spiro atoms. The molecule has 4 nitrogen and oxygen atoms in total. The molecule has 0 fully saturated rings. The van der Waals surface area contributed by atoms with Gasteiger partial charge in [-0.25, -0.2) is 0 Å². The Balaban J connectivity index is 1.43. The molecule has 0 aliphatic carbocycles. The molecule has 0 bridgehead atoms. The summed E-state index contributed by atoms with van der Waals surface area (Å²) in [7, 11) is 0. The Morgan fingerprint density at radius 3 is 2.16 bits per heavy atom. The van der Waals surface area contributed by atoms with E-state index >= 15 is 0 Å².